The third-order valence-corrected chi connectivity index (χ3v) is 3.54. The first-order chi connectivity index (χ1) is 11.5. The molecule has 1 heterocycles. The van der Waals surface area contributed by atoms with E-state index in [1.807, 2.05) is 13.0 Å². The number of benzene rings is 1. The maximum atomic E-state index is 12.4. The number of amides is 1. The third kappa shape index (κ3) is 4.55. The van der Waals surface area contributed by atoms with Crippen LogP contribution in [-0.2, 0) is 9.53 Å². The van der Waals surface area contributed by atoms with Crippen molar-refractivity contribution in [3.05, 3.63) is 59.4 Å². The summed E-state index contributed by atoms with van der Waals surface area (Å²) < 4.78 is 9.85. The molecule has 0 spiro atoms. The van der Waals surface area contributed by atoms with Gasteiger partial charge in [-0.3, -0.25) is 9.59 Å². The van der Waals surface area contributed by atoms with Gasteiger partial charge in [-0.05, 0) is 36.8 Å². The van der Waals surface area contributed by atoms with Crippen molar-refractivity contribution in [1.82, 2.24) is 10.3 Å². The van der Waals surface area contributed by atoms with Gasteiger partial charge in [0.1, 0.15) is 11.4 Å². The molecule has 0 fully saturated rings. The predicted octanol–water partition coefficient (Wildman–Crippen LogP) is 2.43. The van der Waals surface area contributed by atoms with Crippen LogP contribution in [0.3, 0.4) is 0 Å². The van der Waals surface area contributed by atoms with Crippen LogP contribution in [-0.4, -0.2) is 31.1 Å². The summed E-state index contributed by atoms with van der Waals surface area (Å²) in [6.45, 7) is 1.81. The van der Waals surface area contributed by atoms with E-state index in [4.69, 9.17) is 9.47 Å². The van der Waals surface area contributed by atoms with E-state index in [1.165, 1.54) is 7.11 Å². The van der Waals surface area contributed by atoms with Crippen molar-refractivity contribution in [2.75, 3.05) is 14.2 Å². The van der Waals surface area contributed by atoms with Crippen LogP contribution in [0, 0.1) is 6.92 Å². The number of hydrogen-bond donors (Lipinski definition) is 1. The minimum Gasteiger partial charge on any atom is -0.497 e. The largest absolute Gasteiger partial charge is 0.497 e. The van der Waals surface area contributed by atoms with E-state index in [0.717, 1.165) is 11.3 Å². The number of carbonyl (C=O) groups excluding carboxylic acids is 2. The number of ether oxygens (including phenoxy) is 2. The molecule has 1 N–H and O–H groups in total. The first-order valence-corrected chi connectivity index (χ1v) is 7.48. The summed E-state index contributed by atoms with van der Waals surface area (Å²) >= 11 is 0. The quantitative estimate of drug-likeness (QED) is 0.824. The highest BCUT2D eigenvalue weighted by molar-refractivity contribution is 5.92. The Morgan fingerprint density at radius 1 is 1.12 bits per heavy atom. The van der Waals surface area contributed by atoms with Gasteiger partial charge in [-0.2, -0.15) is 0 Å². The van der Waals surface area contributed by atoms with E-state index >= 15 is 0 Å². The second-order valence-electron chi connectivity index (χ2n) is 5.24. The number of nitrogens with one attached hydrogen (secondary N) is 1. The molecule has 2 aromatic rings. The average molecular weight is 328 g/mol. The van der Waals surface area contributed by atoms with Crippen molar-refractivity contribution < 1.29 is 19.1 Å². The summed E-state index contributed by atoms with van der Waals surface area (Å²) in [6.07, 6.45) is 0.0282. The zero-order valence-electron chi connectivity index (χ0n) is 13.9. The van der Waals surface area contributed by atoms with E-state index in [0.29, 0.717) is 11.4 Å². The molecule has 0 saturated carbocycles. The van der Waals surface area contributed by atoms with Crippen molar-refractivity contribution >= 4 is 11.9 Å². The molecule has 2 rings (SSSR count). The molecule has 0 radical (unpaired) electrons. The number of hydrogen-bond acceptors (Lipinski definition) is 5. The number of pyridine rings is 1. The first-order valence-electron chi connectivity index (χ1n) is 7.48. The molecule has 1 aromatic heterocycles. The van der Waals surface area contributed by atoms with Crippen molar-refractivity contribution in [3.8, 4) is 5.75 Å². The van der Waals surface area contributed by atoms with Crippen LogP contribution in [0.4, 0.5) is 0 Å². The smallest absolute Gasteiger partial charge is 0.307 e. The highest BCUT2D eigenvalue weighted by Crippen LogP contribution is 2.21. The molecular weight excluding hydrogens is 308 g/mol. The minimum absolute atomic E-state index is 0.0282. The van der Waals surface area contributed by atoms with Crippen molar-refractivity contribution in [2.45, 2.75) is 19.4 Å². The van der Waals surface area contributed by atoms with Crippen LogP contribution in [0.1, 0.15) is 34.2 Å². The van der Waals surface area contributed by atoms with Crippen molar-refractivity contribution in [3.63, 3.8) is 0 Å². The van der Waals surface area contributed by atoms with Crippen molar-refractivity contribution in [2.24, 2.45) is 0 Å². The normalized spacial score (nSPS) is 11.5. The molecule has 1 aromatic carbocycles. The number of aryl methyl sites for hydroxylation is 1. The molecule has 1 amide bonds. The van der Waals surface area contributed by atoms with E-state index in [2.05, 4.69) is 10.3 Å². The summed E-state index contributed by atoms with van der Waals surface area (Å²) in [4.78, 5) is 28.3. The van der Waals surface area contributed by atoms with Gasteiger partial charge in [0.2, 0.25) is 0 Å². The lowest BCUT2D eigenvalue weighted by Gasteiger charge is -2.18. The lowest BCUT2D eigenvalue weighted by Crippen LogP contribution is -2.31. The number of methoxy groups -OCH3 is 2. The topological polar surface area (TPSA) is 77.5 Å². The summed E-state index contributed by atoms with van der Waals surface area (Å²) in [5, 5.41) is 2.84. The Kier molecular flexibility index (Phi) is 5.89. The fraction of sp³-hybridized carbons (Fsp3) is 0.278. The fourth-order valence-electron chi connectivity index (χ4n) is 2.24. The van der Waals surface area contributed by atoms with Crippen LogP contribution < -0.4 is 10.1 Å². The number of aromatic nitrogens is 1. The number of carbonyl (C=O) groups is 2. The van der Waals surface area contributed by atoms with Crippen molar-refractivity contribution in [1.29, 1.82) is 0 Å². The van der Waals surface area contributed by atoms with E-state index < -0.39 is 12.0 Å². The number of esters is 1. The molecule has 0 aliphatic rings. The molecule has 1 unspecified atom stereocenters. The van der Waals surface area contributed by atoms with Crippen LogP contribution in [0.15, 0.2) is 42.5 Å². The minimum atomic E-state index is -0.516. The molecule has 0 saturated heterocycles. The lowest BCUT2D eigenvalue weighted by atomic mass is 10.0. The van der Waals surface area contributed by atoms with Gasteiger partial charge in [-0.1, -0.05) is 18.2 Å². The molecule has 6 nitrogen and oxygen atoms in total. The second kappa shape index (κ2) is 8.10. The molecule has 0 aliphatic heterocycles. The maximum Gasteiger partial charge on any atom is 0.307 e. The molecule has 0 aliphatic carbocycles. The van der Waals surface area contributed by atoms with Crippen LogP contribution in [0.5, 0.6) is 5.75 Å². The van der Waals surface area contributed by atoms with Gasteiger partial charge in [-0.25, -0.2) is 4.98 Å². The Morgan fingerprint density at radius 2 is 1.83 bits per heavy atom. The predicted molar refractivity (Wildman–Crippen MR) is 88.8 cm³/mol. The summed E-state index contributed by atoms with van der Waals surface area (Å²) in [5.41, 5.74) is 1.83. The van der Waals surface area contributed by atoms with Crippen LogP contribution in [0.2, 0.25) is 0 Å². The van der Waals surface area contributed by atoms with Crippen LogP contribution >= 0.6 is 0 Å². The Balaban J connectivity index is 2.21. The molecule has 1 atom stereocenters. The Hall–Kier alpha value is -2.89. The Labute approximate surface area is 140 Å². The van der Waals surface area contributed by atoms with Gasteiger partial charge in [0.05, 0.1) is 26.7 Å². The standard InChI is InChI=1S/C18H20N2O4/c1-12-5-4-6-15(19-12)18(22)20-16(11-17(21)24-3)13-7-9-14(23-2)10-8-13/h4-10,16H,11H2,1-3H3,(H,20,22). The Morgan fingerprint density at radius 3 is 2.42 bits per heavy atom. The number of nitrogens with zero attached hydrogens (tertiary/aromatic N) is 1. The molecule has 0 bridgehead atoms. The fourth-order valence-corrected chi connectivity index (χ4v) is 2.24. The average Bonchev–Trinajstić information content (AvgIpc) is 2.61. The van der Waals surface area contributed by atoms with Gasteiger partial charge in [-0.15, -0.1) is 0 Å². The van der Waals surface area contributed by atoms with Gasteiger partial charge in [0, 0.05) is 5.69 Å². The monoisotopic (exact) mass is 328 g/mol. The summed E-state index contributed by atoms with van der Waals surface area (Å²) in [6, 6.07) is 11.8. The van der Waals surface area contributed by atoms with Gasteiger partial charge in [0.15, 0.2) is 0 Å². The van der Waals surface area contributed by atoms with Crippen LogP contribution in [0.25, 0.3) is 0 Å². The SMILES string of the molecule is COC(=O)CC(NC(=O)c1cccc(C)n1)c1ccc(OC)cc1. The third-order valence-electron chi connectivity index (χ3n) is 3.54. The second-order valence-corrected chi connectivity index (χ2v) is 5.24. The summed E-state index contributed by atoms with van der Waals surface area (Å²) in [7, 11) is 2.89. The molecule has 24 heavy (non-hydrogen) atoms. The van der Waals surface area contributed by atoms with Gasteiger partial charge >= 0.3 is 5.97 Å². The Bertz CT molecular complexity index is 713. The van der Waals surface area contributed by atoms with E-state index in [-0.39, 0.29) is 12.3 Å². The highest BCUT2D eigenvalue weighted by Gasteiger charge is 2.20. The summed E-state index contributed by atoms with van der Waals surface area (Å²) in [5.74, 6) is -0.0565. The van der Waals surface area contributed by atoms with E-state index in [9.17, 15) is 9.59 Å². The maximum absolute atomic E-state index is 12.4. The molecular formula is C18H20N2O4. The number of rotatable bonds is 6. The van der Waals surface area contributed by atoms with E-state index in [1.54, 1.807) is 43.5 Å². The van der Waals surface area contributed by atoms with Gasteiger partial charge in [0.25, 0.3) is 5.91 Å². The zero-order valence-corrected chi connectivity index (χ0v) is 13.9. The molecule has 126 valence electrons. The highest BCUT2D eigenvalue weighted by atomic mass is 16.5. The lowest BCUT2D eigenvalue weighted by molar-refractivity contribution is -0.141. The van der Waals surface area contributed by atoms with Gasteiger partial charge < -0.3 is 14.8 Å². The molecule has 6 heteroatoms. The zero-order chi connectivity index (χ0) is 17.5. The first kappa shape index (κ1) is 17.5.